The minimum absolute atomic E-state index is 0.00421. The molecule has 0 spiro atoms. The van der Waals surface area contributed by atoms with Crippen molar-refractivity contribution in [3.8, 4) is 0 Å². The zero-order chi connectivity index (χ0) is 11.9. The second-order valence-corrected chi connectivity index (χ2v) is 5.54. The van der Waals surface area contributed by atoms with Crippen molar-refractivity contribution in [1.82, 2.24) is 5.32 Å². The number of hydrogen-bond donors (Lipinski definition) is 1. The quantitative estimate of drug-likeness (QED) is 0.734. The molecule has 0 aliphatic rings. The van der Waals surface area contributed by atoms with Gasteiger partial charge >= 0.3 is 0 Å². The van der Waals surface area contributed by atoms with E-state index < -0.39 is 0 Å². The van der Waals surface area contributed by atoms with Gasteiger partial charge < -0.3 is 5.32 Å². The number of nitrogens with one attached hydrogen (secondary N) is 1. The van der Waals surface area contributed by atoms with Crippen LogP contribution >= 0.6 is 11.8 Å². The third-order valence-electron chi connectivity index (χ3n) is 1.79. The van der Waals surface area contributed by atoms with Crippen molar-refractivity contribution in [3.63, 3.8) is 0 Å². The van der Waals surface area contributed by atoms with Crippen LogP contribution in [0.1, 0.15) is 27.2 Å². The van der Waals surface area contributed by atoms with Crippen molar-refractivity contribution in [2.75, 3.05) is 19.1 Å². The number of carbonyl (C=O) groups is 1. The Morgan fingerprint density at radius 3 is 2.53 bits per heavy atom. The molecule has 0 saturated heterocycles. The Hall–Kier alpha value is -0.510. The van der Waals surface area contributed by atoms with E-state index in [2.05, 4.69) is 31.1 Å². The van der Waals surface area contributed by atoms with Crippen LogP contribution in [-0.4, -0.2) is 37.2 Å². The Bertz CT molecular complexity index is 221. The summed E-state index contributed by atoms with van der Waals surface area (Å²) in [6.07, 6.45) is 4.70. The van der Waals surface area contributed by atoms with Gasteiger partial charge in [0.25, 0.3) is 0 Å². The summed E-state index contributed by atoms with van der Waals surface area (Å²) in [5, 5.41) is 2.65. The SMILES string of the molecule is CNC(=O)C(CCSC)N=CC(C)(C)C. The Morgan fingerprint density at radius 2 is 2.13 bits per heavy atom. The van der Waals surface area contributed by atoms with E-state index in [1.165, 1.54) is 0 Å². The van der Waals surface area contributed by atoms with E-state index in [9.17, 15) is 4.79 Å². The first-order valence-electron chi connectivity index (χ1n) is 5.15. The largest absolute Gasteiger partial charge is 0.357 e. The molecule has 0 aromatic carbocycles. The molecule has 0 bridgehead atoms. The van der Waals surface area contributed by atoms with Crippen LogP contribution in [0.2, 0.25) is 0 Å². The van der Waals surface area contributed by atoms with Gasteiger partial charge in [-0.1, -0.05) is 20.8 Å². The minimum Gasteiger partial charge on any atom is -0.357 e. The van der Waals surface area contributed by atoms with E-state index in [4.69, 9.17) is 0 Å². The summed E-state index contributed by atoms with van der Waals surface area (Å²) in [5.74, 6) is 0.962. The zero-order valence-corrected chi connectivity index (χ0v) is 11.1. The van der Waals surface area contributed by atoms with Gasteiger partial charge in [0.2, 0.25) is 5.91 Å². The number of thioether (sulfide) groups is 1. The van der Waals surface area contributed by atoms with Gasteiger partial charge in [0, 0.05) is 13.3 Å². The summed E-state index contributed by atoms with van der Waals surface area (Å²) in [4.78, 5) is 15.9. The number of rotatable bonds is 5. The van der Waals surface area contributed by atoms with Crippen LogP contribution in [0.5, 0.6) is 0 Å². The highest BCUT2D eigenvalue weighted by Crippen LogP contribution is 2.11. The number of nitrogens with zero attached hydrogens (tertiary/aromatic N) is 1. The average molecular weight is 230 g/mol. The summed E-state index contributed by atoms with van der Waals surface area (Å²) < 4.78 is 0. The van der Waals surface area contributed by atoms with Gasteiger partial charge in [-0.15, -0.1) is 0 Å². The van der Waals surface area contributed by atoms with E-state index >= 15 is 0 Å². The number of carbonyl (C=O) groups excluding carboxylic acids is 1. The van der Waals surface area contributed by atoms with Crippen LogP contribution in [0.15, 0.2) is 4.99 Å². The second kappa shape index (κ2) is 6.88. The molecule has 0 radical (unpaired) electrons. The van der Waals surface area contributed by atoms with Crippen molar-refractivity contribution in [3.05, 3.63) is 0 Å². The lowest BCUT2D eigenvalue weighted by Crippen LogP contribution is -2.31. The van der Waals surface area contributed by atoms with Gasteiger partial charge in [-0.05, 0) is 23.8 Å². The molecule has 0 aliphatic carbocycles. The van der Waals surface area contributed by atoms with E-state index in [1.807, 2.05) is 12.5 Å². The van der Waals surface area contributed by atoms with Crippen LogP contribution in [0.25, 0.3) is 0 Å². The fourth-order valence-electron chi connectivity index (χ4n) is 0.983. The molecule has 0 aliphatic heterocycles. The zero-order valence-electron chi connectivity index (χ0n) is 10.3. The monoisotopic (exact) mass is 230 g/mol. The maximum Gasteiger partial charge on any atom is 0.244 e. The molecule has 0 aromatic rings. The first-order valence-corrected chi connectivity index (χ1v) is 6.55. The summed E-state index contributed by atoms with van der Waals surface area (Å²) in [6.45, 7) is 6.23. The van der Waals surface area contributed by atoms with Gasteiger partial charge in [0.1, 0.15) is 6.04 Å². The Morgan fingerprint density at radius 1 is 1.53 bits per heavy atom. The fraction of sp³-hybridized carbons (Fsp3) is 0.818. The van der Waals surface area contributed by atoms with Crippen molar-refractivity contribution in [2.24, 2.45) is 10.4 Å². The van der Waals surface area contributed by atoms with Gasteiger partial charge in [-0.3, -0.25) is 9.79 Å². The lowest BCUT2D eigenvalue weighted by Gasteiger charge is -2.14. The maximum atomic E-state index is 11.5. The van der Waals surface area contributed by atoms with Crippen LogP contribution in [0, 0.1) is 5.41 Å². The second-order valence-electron chi connectivity index (χ2n) is 4.56. The van der Waals surface area contributed by atoms with E-state index in [-0.39, 0.29) is 17.4 Å². The fourth-order valence-corrected chi connectivity index (χ4v) is 1.44. The smallest absolute Gasteiger partial charge is 0.244 e. The van der Waals surface area contributed by atoms with Crippen LogP contribution in [-0.2, 0) is 4.79 Å². The van der Waals surface area contributed by atoms with Gasteiger partial charge in [-0.2, -0.15) is 11.8 Å². The molecule has 0 heterocycles. The Balaban J connectivity index is 4.37. The predicted octanol–water partition coefficient (Wildman–Crippen LogP) is 1.97. The lowest BCUT2D eigenvalue weighted by molar-refractivity contribution is -0.121. The molecule has 0 rings (SSSR count). The average Bonchev–Trinajstić information content (AvgIpc) is 2.15. The van der Waals surface area contributed by atoms with E-state index in [0.717, 1.165) is 12.2 Å². The minimum atomic E-state index is -0.235. The molecule has 1 unspecified atom stereocenters. The maximum absolute atomic E-state index is 11.5. The summed E-state index contributed by atoms with van der Waals surface area (Å²) in [5.41, 5.74) is 0.0334. The van der Waals surface area contributed by atoms with Crippen molar-refractivity contribution in [2.45, 2.75) is 33.2 Å². The van der Waals surface area contributed by atoms with Crippen LogP contribution < -0.4 is 5.32 Å². The van der Waals surface area contributed by atoms with Crippen LogP contribution in [0.3, 0.4) is 0 Å². The third kappa shape index (κ3) is 7.42. The number of likely N-dealkylation sites (N-methyl/N-ethyl adjacent to an activating group) is 1. The van der Waals surface area contributed by atoms with Gasteiger partial charge in [0.15, 0.2) is 0 Å². The normalized spacial score (nSPS) is 14.2. The molecule has 1 amide bonds. The highest BCUT2D eigenvalue weighted by molar-refractivity contribution is 7.98. The Labute approximate surface area is 97.1 Å². The number of amides is 1. The Kier molecular flexibility index (Phi) is 6.65. The first kappa shape index (κ1) is 14.5. The number of aliphatic imine (C=N–C) groups is 1. The first-order chi connectivity index (χ1) is 6.90. The third-order valence-corrected chi connectivity index (χ3v) is 2.43. The summed E-state index contributed by atoms with van der Waals surface area (Å²) >= 11 is 1.74. The molecule has 1 atom stereocenters. The molecule has 4 heteroatoms. The summed E-state index contributed by atoms with van der Waals surface area (Å²) in [7, 11) is 1.65. The number of hydrogen-bond acceptors (Lipinski definition) is 3. The molecular weight excluding hydrogens is 208 g/mol. The lowest BCUT2D eigenvalue weighted by atomic mass is 9.99. The summed E-state index contributed by atoms with van der Waals surface area (Å²) in [6, 6.07) is -0.235. The molecule has 0 aromatic heterocycles. The highest BCUT2D eigenvalue weighted by atomic mass is 32.2. The van der Waals surface area contributed by atoms with Gasteiger partial charge in [-0.25, -0.2) is 0 Å². The van der Waals surface area contributed by atoms with Gasteiger partial charge in [0.05, 0.1) is 0 Å². The van der Waals surface area contributed by atoms with Crippen molar-refractivity contribution < 1.29 is 4.79 Å². The topological polar surface area (TPSA) is 41.5 Å². The standard InChI is InChI=1S/C11H22N2OS/c1-11(2,3)8-13-9(6-7-15-5)10(14)12-4/h8-9H,6-7H2,1-5H3,(H,12,14). The van der Waals surface area contributed by atoms with Crippen molar-refractivity contribution in [1.29, 1.82) is 0 Å². The molecule has 3 nitrogen and oxygen atoms in total. The molecule has 0 fully saturated rings. The molecule has 1 N–H and O–H groups in total. The van der Waals surface area contributed by atoms with E-state index in [1.54, 1.807) is 18.8 Å². The van der Waals surface area contributed by atoms with Crippen LogP contribution in [0.4, 0.5) is 0 Å². The molecule has 88 valence electrons. The highest BCUT2D eigenvalue weighted by Gasteiger charge is 2.15. The molecule has 15 heavy (non-hydrogen) atoms. The van der Waals surface area contributed by atoms with E-state index in [0.29, 0.717) is 0 Å². The van der Waals surface area contributed by atoms with Crippen molar-refractivity contribution >= 4 is 23.9 Å². The molecule has 0 saturated carbocycles. The predicted molar refractivity (Wildman–Crippen MR) is 68.8 cm³/mol. The molecular formula is C11H22N2OS.